The summed E-state index contributed by atoms with van der Waals surface area (Å²) in [7, 11) is 0. The molecule has 0 aliphatic heterocycles. The Balaban J connectivity index is 1.65. The lowest BCUT2D eigenvalue weighted by Crippen LogP contribution is -2.16. The van der Waals surface area contributed by atoms with Crippen LogP contribution in [0.4, 0.5) is 5.00 Å². The van der Waals surface area contributed by atoms with Gasteiger partial charge >= 0.3 is 5.97 Å². The number of carbonyl (C=O) groups excluding carboxylic acids is 1. The number of rotatable bonds is 7. The van der Waals surface area contributed by atoms with Crippen LogP contribution in [0.1, 0.15) is 16.8 Å². The summed E-state index contributed by atoms with van der Waals surface area (Å²) in [4.78, 5) is 24.4. The van der Waals surface area contributed by atoms with Crippen LogP contribution in [-0.2, 0) is 4.79 Å². The van der Waals surface area contributed by atoms with Crippen molar-refractivity contribution in [1.29, 1.82) is 0 Å². The molecule has 0 saturated carbocycles. The number of thiophene rings is 1. The monoisotopic (exact) mass is 367 g/mol. The van der Waals surface area contributed by atoms with Gasteiger partial charge in [0.05, 0.1) is 18.6 Å². The maximum Gasteiger partial charge on any atom is 0.338 e. The Labute approximate surface area is 154 Å². The Morgan fingerprint density at radius 3 is 2.31 bits per heavy atom. The number of para-hydroxylation sites is 1. The number of amides is 1. The van der Waals surface area contributed by atoms with E-state index in [1.807, 2.05) is 60.7 Å². The predicted octanol–water partition coefficient (Wildman–Crippen LogP) is 4.52. The van der Waals surface area contributed by atoms with Gasteiger partial charge in [0.2, 0.25) is 5.91 Å². The van der Waals surface area contributed by atoms with Gasteiger partial charge in [-0.15, -0.1) is 11.3 Å². The molecule has 0 unspecified atom stereocenters. The molecule has 1 aromatic heterocycles. The number of anilines is 1. The van der Waals surface area contributed by atoms with Crippen LogP contribution in [0.15, 0.2) is 66.7 Å². The highest BCUT2D eigenvalue weighted by atomic mass is 32.1. The molecule has 0 aliphatic carbocycles. The van der Waals surface area contributed by atoms with Gasteiger partial charge in [0, 0.05) is 4.88 Å². The molecular weight excluding hydrogens is 350 g/mol. The van der Waals surface area contributed by atoms with Gasteiger partial charge in [0.1, 0.15) is 10.8 Å². The van der Waals surface area contributed by atoms with Crippen molar-refractivity contribution in [2.24, 2.45) is 0 Å². The van der Waals surface area contributed by atoms with Crippen molar-refractivity contribution < 1.29 is 19.4 Å². The molecule has 6 heteroatoms. The standard InChI is InChI=1S/C20H17NO4S/c22-18(11-12-25-15-9-5-2-6-10-15)21-19-16(20(23)24)13-17(26-19)14-7-3-1-4-8-14/h1-10,13H,11-12H2,(H,21,22)(H,23,24). The fraction of sp³-hybridized carbons (Fsp3) is 0.100. The van der Waals surface area contributed by atoms with Crippen LogP contribution in [0.25, 0.3) is 10.4 Å². The molecule has 3 rings (SSSR count). The molecular formula is C20H17NO4S. The van der Waals surface area contributed by atoms with E-state index in [-0.39, 0.29) is 24.5 Å². The van der Waals surface area contributed by atoms with Crippen molar-refractivity contribution in [3.8, 4) is 16.2 Å². The van der Waals surface area contributed by atoms with Crippen LogP contribution in [0.2, 0.25) is 0 Å². The van der Waals surface area contributed by atoms with Gasteiger partial charge in [-0.05, 0) is 23.8 Å². The van der Waals surface area contributed by atoms with Gasteiger partial charge in [0.15, 0.2) is 0 Å². The Morgan fingerprint density at radius 1 is 1.00 bits per heavy atom. The molecule has 0 fully saturated rings. The Kier molecular flexibility index (Phi) is 5.66. The number of carbonyl (C=O) groups is 2. The Hall–Kier alpha value is -3.12. The Morgan fingerprint density at radius 2 is 1.65 bits per heavy atom. The summed E-state index contributed by atoms with van der Waals surface area (Å²) in [6, 6.07) is 20.3. The van der Waals surface area contributed by atoms with Gasteiger partial charge in [-0.1, -0.05) is 48.5 Å². The third-order valence-electron chi connectivity index (χ3n) is 3.61. The highest BCUT2D eigenvalue weighted by molar-refractivity contribution is 7.20. The number of hydrogen-bond donors (Lipinski definition) is 2. The zero-order valence-electron chi connectivity index (χ0n) is 13.8. The van der Waals surface area contributed by atoms with Crippen molar-refractivity contribution in [2.45, 2.75) is 6.42 Å². The number of benzene rings is 2. The molecule has 1 heterocycles. The van der Waals surface area contributed by atoms with Crippen molar-refractivity contribution in [3.05, 3.63) is 72.3 Å². The number of ether oxygens (including phenoxy) is 1. The molecule has 26 heavy (non-hydrogen) atoms. The van der Waals surface area contributed by atoms with Gasteiger partial charge in [-0.3, -0.25) is 4.79 Å². The second kappa shape index (κ2) is 8.31. The lowest BCUT2D eigenvalue weighted by Gasteiger charge is -2.06. The number of carboxylic acids is 1. The molecule has 2 aromatic carbocycles. The third-order valence-corrected chi connectivity index (χ3v) is 4.71. The van der Waals surface area contributed by atoms with Gasteiger partial charge in [-0.2, -0.15) is 0 Å². The number of carboxylic acid groups (broad SMARTS) is 1. The summed E-state index contributed by atoms with van der Waals surface area (Å²) < 4.78 is 5.49. The van der Waals surface area contributed by atoms with E-state index in [1.165, 1.54) is 11.3 Å². The summed E-state index contributed by atoms with van der Waals surface area (Å²) in [5, 5.41) is 12.4. The fourth-order valence-corrected chi connectivity index (χ4v) is 3.43. The molecule has 1 amide bonds. The minimum absolute atomic E-state index is 0.0891. The normalized spacial score (nSPS) is 10.3. The lowest BCUT2D eigenvalue weighted by molar-refractivity contribution is -0.116. The molecule has 0 radical (unpaired) electrons. The van der Waals surface area contributed by atoms with E-state index in [2.05, 4.69) is 5.32 Å². The average Bonchev–Trinajstić information content (AvgIpc) is 3.07. The van der Waals surface area contributed by atoms with Crippen LogP contribution in [-0.4, -0.2) is 23.6 Å². The Bertz CT molecular complexity index is 891. The van der Waals surface area contributed by atoms with E-state index in [1.54, 1.807) is 6.07 Å². The summed E-state index contributed by atoms with van der Waals surface area (Å²) in [6.45, 7) is 0.217. The topological polar surface area (TPSA) is 75.6 Å². The molecule has 132 valence electrons. The van der Waals surface area contributed by atoms with E-state index in [0.29, 0.717) is 10.8 Å². The van der Waals surface area contributed by atoms with Gasteiger partial charge < -0.3 is 15.2 Å². The van der Waals surface area contributed by atoms with Crippen LogP contribution in [0, 0.1) is 0 Å². The van der Waals surface area contributed by atoms with Crippen LogP contribution >= 0.6 is 11.3 Å². The second-order valence-electron chi connectivity index (χ2n) is 5.48. The van der Waals surface area contributed by atoms with Crippen molar-refractivity contribution in [3.63, 3.8) is 0 Å². The first-order valence-corrected chi connectivity index (χ1v) is 8.85. The van der Waals surface area contributed by atoms with E-state index in [4.69, 9.17) is 4.74 Å². The van der Waals surface area contributed by atoms with Gasteiger partial charge in [0.25, 0.3) is 0 Å². The largest absolute Gasteiger partial charge is 0.493 e. The van der Waals surface area contributed by atoms with E-state index >= 15 is 0 Å². The highest BCUT2D eigenvalue weighted by Crippen LogP contribution is 2.35. The smallest absolute Gasteiger partial charge is 0.338 e. The highest BCUT2D eigenvalue weighted by Gasteiger charge is 2.18. The molecule has 3 aromatic rings. The molecule has 5 nitrogen and oxygen atoms in total. The van der Waals surface area contributed by atoms with Crippen molar-refractivity contribution in [1.82, 2.24) is 0 Å². The van der Waals surface area contributed by atoms with Crippen LogP contribution < -0.4 is 10.1 Å². The minimum Gasteiger partial charge on any atom is -0.493 e. The second-order valence-corrected chi connectivity index (χ2v) is 6.54. The molecule has 0 bridgehead atoms. The van der Waals surface area contributed by atoms with E-state index < -0.39 is 5.97 Å². The first-order chi connectivity index (χ1) is 12.6. The van der Waals surface area contributed by atoms with E-state index in [9.17, 15) is 14.7 Å². The van der Waals surface area contributed by atoms with Gasteiger partial charge in [-0.25, -0.2) is 4.79 Å². The lowest BCUT2D eigenvalue weighted by atomic mass is 10.1. The minimum atomic E-state index is -1.07. The van der Waals surface area contributed by atoms with Crippen LogP contribution in [0.5, 0.6) is 5.75 Å². The third kappa shape index (κ3) is 4.49. The number of hydrogen-bond acceptors (Lipinski definition) is 4. The first-order valence-electron chi connectivity index (χ1n) is 8.04. The summed E-state index contributed by atoms with van der Waals surface area (Å²) in [5.41, 5.74) is 0.999. The molecule has 0 aliphatic rings. The van der Waals surface area contributed by atoms with Crippen molar-refractivity contribution in [2.75, 3.05) is 11.9 Å². The maximum absolute atomic E-state index is 12.1. The predicted molar refractivity (Wildman–Crippen MR) is 102 cm³/mol. The number of nitrogens with one attached hydrogen (secondary N) is 1. The first kappa shape index (κ1) is 17.7. The zero-order valence-corrected chi connectivity index (χ0v) is 14.7. The maximum atomic E-state index is 12.1. The van der Waals surface area contributed by atoms with Crippen molar-refractivity contribution >= 4 is 28.2 Å². The van der Waals surface area contributed by atoms with E-state index in [0.717, 1.165) is 10.4 Å². The quantitative estimate of drug-likeness (QED) is 0.644. The molecule has 0 atom stereocenters. The summed E-state index contributed by atoms with van der Waals surface area (Å²) in [5.74, 6) is -0.668. The molecule has 2 N–H and O–H groups in total. The average molecular weight is 367 g/mol. The zero-order chi connectivity index (χ0) is 18.4. The molecule has 0 saturated heterocycles. The molecule has 0 spiro atoms. The fourth-order valence-electron chi connectivity index (χ4n) is 2.35. The van der Waals surface area contributed by atoms with Crippen LogP contribution in [0.3, 0.4) is 0 Å². The summed E-state index contributed by atoms with van der Waals surface area (Å²) in [6.07, 6.45) is 0.131. The number of aromatic carboxylic acids is 1. The SMILES string of the molecule is O=C(CCOc1ccccc1)Nc1sc(-c2ccccc2)cc1C(=O)O. The summed E-state index contributed by atoms with van der Waals surface area (Å²) >= 11 is 1.25.